The molecule has 0 aliphatic rings. The Morgan fingerprint density at radius 3 is 1.92 bits per heavy atom. The molecule has 0 N–H and O–H groups in total. The third-order valence-corrected chi connectivity index (χ3v) is 3.24. The quantitative estimate of drug-likeness (QED) is 0.546. The zero-order chi connectivity index (χ0) is 10.5. The molecule has 0 bridgehead atoms. The van der Waals surface area contributed by atoms with E-state index >= 15 is 0 Å². The average molecular weight is 344 g/mol. The lowest BCUT2D eigenvalue weighted by Gasteiger charge is -2.19. The standard InChI is InChI=1S/C5H10Br2FO4P/c1-3-10-13(9,11-4-2)12-5(6,7)8/h3-4H2,1-2H3. The fraction of sp³-hybridized carbons (Fsp3) is 1.00. The molecule has 4 nitrogen and oxygen atoms in total. The molecule has 0 aromatic carbocycles. The second-order valence-corrected chi connectivity index (χ2v) is 6.52. The Morgan fingerprint density at radius 1 is 1.31 bits per heavy atom. The van der Waals surface area contributed by atoms with E-state index in [4.69, 9.17) is 0 Å². The zero-order valence-corrected chi connectivity index (χ0v) is 11.2. The molecule has 0 radical (unpaired) electrons. The van der Waals surface area contributed by atoms with Gasteiger partial charge in [-0.25, -0.2) is 9.09 Å². The van der Waals surface area contributed by atoms with Gasteiger partial charge in [-0.05, 0) is 45.7 Å². The Bertz CT molecular complexity index is 185. The number of rotatable bonds is 6. The van der Waals surface area contributed by atoms with Crippen molar-refractivity contribution in [2.24, 2.45) is 0 Å². The summed E-state index contributed by atoms with van der Waals surface area (Å²) < 4.78 is 35.6. The van der Waals surface area contributed by atoms with Gasteiger partial charge in [-0.2, -0.15) is 4.39 Å². The number of alkyl halides is 3. The molecular weight excluding hydrogens is 334 g/mol. The van der Waals surface area contributed by atoms with E-state index in [1.807, 2.05) is 0 Å². The predicted molar refractivity (Wildman–Crippen MR) is 53.6 cm³/mol. The first-order valence-corrected chi connectivity index (χ1v) is 6.54. The summed E-state index contributed by atoms with van der Waals surface area (Å²) in [5.74, 6) is 0. The van der Waals surface area contributed by atoms with Crippen LogP contribution in [0.4, 0.5) is 4.39 Å². The molecule has 8 heteroatoms. The van der Waals surface area contributed by atoms with Gasteiger partial charge in [0.2, 0.25) is 0 Å². The molecule has 0 rings (SSSR count). The minimum Gasteiger partial charge on any atom is -0.287 e. The summed E-state index contributed by atoms with van der Waals surface area (Å²) in [5, 5.41) is 0. The van der Waals surface area contributed by atoms with Crippen LogP contribution in [0.15, 0.2) is 0 Å². The molecule has 80 valence electrons. The fourth-order valence-electron chi connectivity index (χ4n) is 0.533. The average Bonchev–Trinajstić information content (AvgIpc) is 1.82. The molecule has 0 aliphatic carbocycles. The number of phosphoric ester groups is 1. The third kappa shape index (κ3) is 6.99. The summed E-state index contributed by atoms with van der Waals surface area (Å²) in [6.45, 7) is 3.40. The number of phosphoric acid groups is 1. The van der Waals surface area contributed by atoms with Gasteiger partial charge in [-0.1, -0.05) is 0 Å². The molecule has 0 heterocycles. The smallest absolute Gasteiger partial charge is 0.287 e. The van der Waals surface area contributed by atoms with Gasteiger partial charge >= 0.3 is 11.5 Å². The Hall–Kier alpha value is 1.00. The van der Waals surface area contributed by atoms with E-state index in [0.29, 0.717) is 0 Å². The van der Waals surface area contributed by atoms with E-state index in [-0.39, 0.29) is 13.2 Å². The molecule has 13 heavy (non-hydrogen) atoms. The van der Waals surface area contributed by atoms with E-state index in [1.165, 1.54) is 0 Å². The van der Waals surface area contributed by atoms with Crippen molar-refractivity contribution in [2.45, 2.75) is 17.5 Å². The summed E-state index contributed by atoms with van der Waals surface area (Å²) in [6.07, 6.45) is 0. The summed E-state index contributed by atoms with van der Waals surface area (Å²) in [7, 11) is -3.81. The lowest BCUT2D eigenvalue weighted by atomic mass is 10.9. The van der Waals surface area contributed by atoms with Crippen LogP contribution in [0, 0.1) is 0 Å². The van der Waals surface area contributed by atoms with Crippen LogP contribution in [-0.4, -0.2) is 16.9 Å². The maximum atomic E-state index is 12.8. The minimum absolute atomic E-state index is 0.105. The highest BCUT2D eigenvalue weighted by molar-refractivity contribution is 9.25. The molecule has 0 aromatic rings. The highest BCUT2D eigenvalue weighted by Gasteiger charge is 2.37. The van der Waals surface area contributed by atoms with Gasteiger partial charge in [-0.3, -0.25) is 9.05 Å². The minimum atomic E-state index is -3.81. The largest absolute Gasteiger partial charge is 0.478 e. The van der Waals surface area contributed by atoms with Gasteiger partial charge in [0.15, 0.2) is 0 Å². The normalized spacial score (nSPS) is 13.3. The van der Waals surface area contributed by atoms with Crippen LogP contribution in [0.5, 0.6) is 0 Å². The van der Waals surface area contributed by atoms with E-state index < -0.39 is 11.5 Å². The molecule has 0 saturated carbocycles. The number of hydrogen-bond acceptors (Lipinski definition) is 4. The van der Waals surface area contributed by atoms with Crippen molar-refractivity contribution >= 4 is 39.7 Å². The van der Waals surface area contributed by atoms with Crippen LogP contribution in [0.1, 0.15) is 13.8 Å². The highest BCUT2D eigenvalue weighted by atomic mass is 79.9. The van der Waals surface area contributed by atoms with Crippen molar-refractivity contribution in [1.82, 2.24) is 0 Å². The highest BCUT2D eigenvalue weighted by Crippen LogP contribution is 2.55. The topological polar surface area (TPSA) is 44.8 Å². The maximum Gasteiger partial charge on any atom is 0.478 e. The van der Waals surface area contributed by atoms with Crippen LogP contribution in [0.2, 0.25) is 0 Å². The summed E-state index contributed by atoms with van der Waals surface area (Å²) in [6, 6.07) is 0. The Kier molecular flexibility index (Phi) is 6.22. The summed E-state index contributed by atoms with van der Waals surface area (Å²) in [5.41, 5.74) is 0. The van der Waals surface area contributed by atoms with Crippen LogP contribution in [0.3, 0.4) is 0 Å². The van der Waals surface area contributed by atoms with Crippen molar-refractivity contribution in [3.05, 3.63) is 0 Å². The molecular formula is C5H10Br2FO4P. The molecule has 0 saturated heterocycles. The van der Waals surface area contributed by atoms with E-state index in [0.717, 1.165) is 0 Å². The summed E-state index contributed by atoms with van der Waals surface area (Å²) >= 11 is 4.90. The van der Waals surface area contributed by atoms with Crippen molar-refractivity contribution in [3.63, 3.8) is 0 Å². The van der Waals surface area contributed by atoms with Crippen LogP contribution >= 0.6 is 39.7 Å². The lowest BCUT2D eigenvalue weighted by molar-refractivity contribution is 0.0550. The molecule has 0 unspecified atom stereocenters. The Labute approximate surface area is 93.0 Å². The zero-order valence-electron chi connectivity index (χ0n) is 7.13. The van der Waals surface area contributed by atoms with Crippen molar-refractivity contribution in [3.8, 4) is 0 Å². The Morgan fingerprint density at radius 2 is 1.69 bits per heavy atom. The maximum absolute atomic E-state index is 12.8. The SMILES string of the molecule is CCOP(=O)(OCC)OC(F)(Br)Br. The molecule has 0 spiro atoms. The molecule has 0 atom stereocenters. The first kappa shape index (κ1) is 14.0. The van der Waals surface area contributed by atoms with E-state index in [2.05, 4.69) is 45.4 Å². The second-order valence-electron chi connectivity index (χ2n) is 1.82. The first-order valence-electron chi connectivity index (χ1n) is 3.49. The van der Waals surface area contributed by atoms with E-state index in [9.17, 15) is 8.96 Å². The van der Waals surface area contributed by atoms with Crippen LogP contribution in [-0.2, 0) is 18.1 Å². The third-order valence-electron chi connectivity index (χ3n) is 0.790. The fourth-order valence-corrected chi connectivity index (χ4v) is 2.66. The van der Waals surface area contributed by atoms with Crippen molar-refractivity contribution < 1.29 is 22.5 Å². The number of halogens is 3. The van der Waals surface area contributed by atoms with Gasteiger partial charge in [0.1, 0.15) is 0 Å². The Balaban J connectivity index is 4.33. The molecule has 0 fully saturated rings. The van der Waals surface area contributed by atoms with Crippen molar-refractivity contribution in [1.29, 1.82) is 0 Å². The van der Waals surface area contributed by atoms with Gasteiger partial charge < -0.3 is 0 Å². The molecule has 0 amide bonds. The molecule has 0 aromatic heterocycles. The number of hydrogen-bond donors (Lipinski definition) is 0. The second kappa shape index (κ2) is 5.78. The van der Waals surface area contributed by atoms with Crippen molar-refractivity contribution in [2.75, 3.05) is 13.2 Å². The first-order chi connectivity index (χ1) is 5.83. The monoisotopic (exact) mass is 342 g/mol. The lowest BCUT2D eigenvalue weighted by Crippen LogP contribution is -2.10. The van der Waals surface area contributed by atoms with E-state index in [1.54, 1.807) is 13.8 Å². The van der Waals surface area contributed by atoms with Crippen LogP contribution in [0.25, 0.3) is 0 Å². The summed E-state index contributed by atoms with van der Waals surface area (Å²) in [4.78, 5) is 0. The van der Waals surface area contributed by atoms with Gasteiger partial charge in [0.05, 0.1) is 13.2 Å². The molecule has 0 aliphatic heterocycles. The van der Waals surface area contributed by atoms with Gasteiger partial charge in [-0.15, -0.1) is 0 Å². The van der Waals surface area contributed by atoms with Crippen LogP contribution < -0.4 is 0 Å². The van der Waals surface area contributed by atoms with Gasteiger partial charge in [0, 0.05) is 0 Å². The predicted octanol–water partition coefficient (Wildman–Crippen LogP) is 3.55. The van der Waals surface area contributed by atoms with Gasteiger partial charge in [0.25, 0.3) is 0 Å².